The van der Waals surface area contributed by atoms with Crippen molar-refractivity contribution in [2.24, 2.45) is 10.9 Å². The number of hydrogen-bond acceptors (Lipinski definition) is 6. The molecule has 3 aromatic rings. The average molecular weight is 405 g/mol. The van der Waals surface area contributed by atoms with E-state index in [1.807, 2.05) is 54.8 Å². The summed E-state index contributed by atoms with van der Waals surface area (Å²) < 4.78 is 0. The molecule has 3 heterocycles. The van der Waals surface area contributed by atoms with E-state index in [1.54, 1.807) is 12.3 Å². The molecule has 0 fully saturated rings. The number of aromatic nitrogens is 3. The van der Waals surface area contributed by atoms with E-state index in [1.165, 1.54) is 0 Å². The van der Waals surface area contributed by atoms with E-state index < -0.39 is 0 Å². The van der Waals surface area contributed by atoms with Gasteiger partial charge in [-0.3, -0.25) is 4.99 Å². The van der Waals surface area contributed by atoms with E-state index in [2.05, 4.69) is 26.0 Å². The number of nitrogens with zero attached hydrogens (tertiary/aromatic N) is 4. The molecule has 146 valence electrons. The van der Waals surface area contributed by atoms with Crippen LogP contribution in [0.2, 0.25) is 5.02 Å². The molecule has 4 N–H and O–H groups in total. The molecular weight excluding hydrogens is 384 g/mol. The van der Waals surface area contributed by atoms with Crippen molar-refractivity contribution >= 4 is 29.6 Å². The van der Waals surface area contributed by atoms with Crippen molar-refractivity contribution in [3.63, 3.8) is 0 Å². The maximum absolute atomic E-state index is 6.15. The number of rotatable bonds is 5. The van der Waals surface area contributed by atoms with Crippen molar-refractivity contribution in [3.05, 3.63) is 88.9 Å². The van der Waals surface area contributed by atoms with Gasteiger partial charge in [-0.25, -0.2) is 15.0 Å². The number of allylic oxidation sites excluding steroid dienone is 1. The Morgan fingerprint density at radius 3 is 2.48 bits per heavy atom. The zero-order valence-corrected chi connectivity index (χ0v) is 16.4. The second-order valence-electron chi connectivity index (χ2n) is 6.95. The van der Waals surface area contributed by atoms with E-state index in [0.717, 1.165) is 17.0 Å². The number of pyridine rings is 1. The molecule has 0 saturated heterocycles. The lowest BCUT2D eigenvalue weighted by Crippen LogP contribution is -2.25. The summed E-state index contributed by atoms with van der Waals surface area (Å²) in [6.07, 6.45) is 7.64. The van der Waals surface area contributed by atoms with Crippen LogP contribution in [0.15, 0.2) is 71.9 Å². The first-order chi connectivity index (χ1) is 14.1. The van der Waals surface area contributed by atoms with Crippen molar-refractivity contribution in [1.29, 1.82) is 0 Å². The number of nitrogens with two attached hydrogens (primary N) is 2. The van der Waals surface area contributed by atoms with Crippen LogP contribution in [0, 0.1) is 5.92 Å². The highest BCUT2D eigenvalue weighted by Crippen LogP contribution is 2.43. The minimum absolute atomic E-state index is 0.0531. The monoisotopic (exact) mass is 404 g/mol. The van der Waals surface area contributed by atoms with E-state index in [-0.39, 0.29) is 23.7 Å². The van der Waals surface area contributed by atoms with Crippen LogP contribution in [-0.4, -0.2) is 27.7 Å². The van der Waals surface area contributed by atoms with Crippen LogP contribution in [0.3, 0.4) is 0 Å². The fourth-order valence-corrected chi connectivity index (χ4v) is 3.94. The van der Waals surface area contributed by atoms with Crippen LogP contribution in [0.4, 0.5) is 11.8 Å². The van der Waals surface area contributed by atoms with Gasteiger partial charge in [0.2, 0.25) is 5.95 Å². The van der Waals surface area contributed by atoms with Crippen molar-refractivity contribution in [2.45, 2.75) is 11.8 Å². The van der Waals surface area contributed by atoms with Gasteiger partial charge in [-0.05, 0) is 42.0 Å². The molecule has 0 bridgehead atoms. The van der Waals surface area contributed by atoms with Gasteiger partial charge in [-0.15, -0.1) is 0 Å². The van der Waals surface area contributed by atoms with Crippen LogP contribution >= 0.6 is 11.6 Å². The standard InChI is InChI=1S/C22H21ClN6/c23-16-8-6-14(7-9-16)20(18-10-12-27-22(25)29-18)21(15-3-2-11-26-13-15)17-4-1-5-19(24)28-17/h1-12,15,20-21H,13H2,(H2,24,28)(H2,25,27,29). The maximum Gasteiger partial charge on any atom is 0.220 e. The number of aliphatic imine (C=N–C) groups is 1. The second-order valence-corrected chi connectivity index (χ2v) is 7.38. The first kappa shape index (κ1) is 19.1. The summed E-state index contributed by atoms with van der Waals surface area (Å²) in [4.78, 5) is 17.7. The number of hydrogen-bond donors (Lipinski definition) is 2. The Morgan fingerprint density at radius 2 is 1.79 bits per heavy atom. The molecule has 0 spiro atoms. The van der Waals surface area contributed by atoms with E-state index in [0.29, 0.717) is 17.4 Å². The zero-order chi connectivity index (χ0) is 20.2. The normalized spacial score (nSPS) is 17.8. The Bertz CT molecular complexity index is 1050. The highest BCUT2D eigenvalue weighted by Gasteiger charge is 2.34. The van der Waals surface area contributed by atoms with Gasteiger partial charge in [0.25, 0.3) is 0 Å². The molecule has 1 aliphatic heterocycles. The topological polar surface area (TPSA) is 103 Å². The minimum atomic E-state index is -0.130. The lowest BCUT2D eigenvalue weighted by atomic mass is 9.73. The van der Waals surface area contributed by atoms with Crippen LogP contribution in [0.25, 0.3) is 0 Å². The highest BCUT2D eigenvalue weighted by molar-refractivity contribution is 6.30. The Morgan fingerprint density at radius 1 is 0.966 bits per heavy atom. The molecule has 0 aliphatic carbocycles. The number of nitrogen functional groups attached to an aromatic ring is 2. The largest absolute Gasteiger partial charge is 0.384 e. The number of dihydropyridines is 1. The SMILES string of the molecule is Nc1cccc(C(C2C=CC=NC2)C(c2ccc(Cl)cc2)c2ccnc(N)n2)n1. The lowest BCUT2D eigenvalue weighted by molar-refractivity contribution is 0.453. The third-order valence-electron chi connectivity index (χ3n) is 5.06. The molecule has 29 heavy (non-hydrogen) atoms. The first-order valence-corrected chi connectivity index (χ1v) is 9.72. The Labute approximate surface area is 174 Å². The fourth-order valence-electron chi connectivity index (χ4n) is 3.82. The summed E-state index contributed by atoms with van der Waals surface area (Å²) in [5.41, 5.74) is 14.7. The van der Waals surface area contributed by atoms with Crippen LogP contribution in [0.1, 0.15) is 28.8 Å². The summed E-state index contributed by atoms with van der Waals surface area (Å²) in [6.45, 7) is 0.655. The molecular formula is C22H21ClN6. The number of halogens is 1. The zero-order valence-electron chi connectivity index (χ0n) is 15.7. The number of benzene rings is 1. The molecule has 7 heteroatoms. The van der Waals surface area contributed by atoms with Crippen molar-refractivity contribution in [1.82, 2.24) is 15.0 Å². The molecule has 0 radical (unpaired) electrons. The average Bonchev–Trinajstić information content (AvgIpc) is 2.73. The van der Waals surface area contributed by atoms with Gasteiger partial charge in [0.1, 0.15) is 5.82 Å². The van der Waals surface area contributed by atoms with Crippen LogP contribution in [0.5, 0.6) is 0 Å². The Kier molecular flexibility index (Phi) is 5.53. The van der Waals surface area contributed by atoms with Gasteiger partial charge in [-0.1, -0.05) is 35.9 Å². The van der Waals surface area contributed by atoms with Crippen molar-refractivity contribution < 1.29 is 0 Å². The van der Waals surface area contributed by atoms with Gasteiger partial charge in [0.15, 0.2) is 0 Å². The van der Waals surface area contributed by atoms with Gasteiger partial charge in [0.05, 0.1) is 5.69 Å². The molecule has 1 aromatic carbocycles. The van der Waals surface area contributed by atoms with Gasteiger partial charge >= 0.3 is 0 Å². The summed E-state index contributed by atoms with van der Waals surface area (Å²) in [5.74, 6) is 0.648. The predicted octanol–water partition coefficient (Wildman–Crippen LogP) is 3.86. The Balaban J connectivity index is 1.90. The quantitative estimate of drug-likeness (QED) is 0.672. The van der Waals surface area contributed by atoms with Crippen LogP contribution < -0.4 is 11.5 Å². The second kappa shape index (κ2) is 8.41. The predicted molar refractivity (Wildman–Crippen MR) is 117 cm³/mol. The molecule has 3 unspecified atom stereocenters. The van der Waals surface area contributed by atoms with Crippen LogP contribution in [-0.2, 0) is 0 Å². The highest BCUT2D eigenvalue weighted by atomic mass is 35.5. The third-order valence-corrected chi connectivity index (χ3v) is 5.32. The van der Waals surface area contributed by atoms with Gasteiger partial charge in [-0.2, -0.15) is 0 Å². The summed E-state index contributed by atoms with van der Waals surface area (Å²) >= 11 is 6.15. The summed E-state index contributed by atoms with van der Waals surface area (Å²) in [6, 6.07) is 15.4. The maximum atomic E-state index is 6.15. The molecule has 0 saturated carbocycles. The van der Waals surface area contributed by atoms with E-state index in [9.17, 15) is 0 Å². The minimum Gasteiger partial charge on any atom is -0.384 e. The van der Waals surface area contributed by atoms with Crippen molar-refractivity contribution in [2.75, 3.05) is 18.0 Å². The van der Waals surface area contributed by atoms with E-state index in [4.69, 9.17) is 23.1 Å². The summed E-state index contributed by atoms with van der Waals surface area (Å²) in [7, 11) is 0. The first-order valence-electron chi connectivity index (χ1n) is 9.35. The molecule has 6 nitrogen and oxygen atoms in total. The molecule has 0 amide bonds. The van der Waals surface area contributed by atoms with Gasteiger partial charge < -0.3 is 11.5 Å². The molecule has 1 aliphatic rings. The number of anilines is 2. The fraction of sp³-hybridized carbons (Fsp3) is 0.182. The van der Waals surface area contributed by atoms with Crippen molar-refractivity contribution in [3.8, 4) is 0 Å². The molecule has 4 rings (SSSR count). The lowest BCUT2D eigenvalue weighted by Gasteiger charge is -2.32. The molecule has 2 aromatic heterocycles. The van der Waals surface area contributed by atoms with E-state index >= 15 is 0 Å². The smallest absolute Gasteiger partial charge is 0.220 e. The molecule has 3 atom stereocenters. The van der Waals surface area contributed by atoms with Gasteiger partial charge in [0, 0.05) is 47.4 Å². The Hall–Kier alpha value is -3.25. The summed E-state index contributed by atoms with van der Waals surface area (Å²) in [5, 5.41) is 0.676. The third kappa shape index (κ3) is 4.27.